The fourth-order valence-electron chi connectivity index (χ4n) is 6.29. The molecule has 1 aliphatic carbocycles. The van der Waals surface area contributed by atoms with Crippen molar-refractivity contribution in [1.29, 1.82) is 0 Å². The first-order valence-electron chi connectivity index (χ1n) is 12.3. The van der Waals surface area contributed by atoms with E-state index < -0.39 is 0 Å². The largest absolute Gasteiger partial charge is 0.455 e. The fourth-order valence-corrected chi connectivity index (χ4v) is 6.29. The Hall–Kier alpha value is -3.39. The van der Waals surface area contributed by atoms with E-state index in [1.807, 2.05) is 0 Å². The first-order valence-corrected chi connectivity index (χ1v) is 12.3. The number of aryl methyl sites for hydroxylation is 3. The van der Waals surface area contributed by atoms with Crippen molar-refractivity contribution in [3.8, 4) is 22.4 Å². The van der Waals surface area contributed by atoms with Gasteiger partial charge in [0.1, 0.15) is 18.2 Å². The van der Waals surface area contributed by atoms with Gasteiger partial charge in [0, 0.05) is 27.8 Å². The molecule has 2 aromatic heterocycles. The molecular formula is C32H32NO+. The van der Waals surface area contributed by atoms with Gasteiger partial charge >= 0.3 is 0 Å². The van der Waals surface area contributed by atoms with Gasteiger partial charge in [-0.15, -0.1) is 0 Å². The molecule has 0 saturated heterocycles. The molecule has 0 aliphatic heterocycles. The normalized spacial score (nSPS) is 14.2. The number of nitrogens with zero attached hydrogens (tertiary/aromatic N) is 1. The van der Waals surface area contributed by atoms with E-state index in [9.17, 15) is 0 Å². The van der Waals surface area contributed by atoms with Crippen LogP contribution in [0.25, 0.3) is 44.3 Å². The van der Waals surface area contributed by atoms with Gasteiger partial charge < -0.3 is 4.42 Å². The fraction of sp³-hybridized carbons (Fsp3) is 0.281. The van der Waals surface area contributed by atoms with Crippen molar-refractivity contribution in [2.45, 2.75) is 52.9 Å². The number of fused-ring (bicyclic) bond motifs is 7. The number of aromatic nitrogens is 1. The lowest BCUT2D eigenvalue weighted by molar-refractivity contribution is -0.660. The quantitative estimate of drug-likeness (QED) is 0.250. The van der Waals surface area contributed by atoms with E-state index >= 15 is 0 Å². The van der Waals surface area contributed by atoms with Crippen LogP contribution in [0.2, 0.25) is 0 Å². The van der Waals surface area contributed by atoms with Gasteiger partial charge in [-0.25, -0.2) is 4.57 Å². The van der Waals surface area contributed by atoms with Crippen molar-refractivity contribution in [2.75, 3.05) is 0 Å². The van der Waals surface area contributed by atoms with E-state index in [2.05, 4.69) is 114 Å². The van der Waals surface area contributed by atoms with Gasteiger partial charge in [-0.3, -0.25) is 0 Å². The summed E-state index contributed by atoms with van der Waals surface area (Å²) < 4.78 is 8.96. The summed E-state index contributed by atoms with van der Waals surface area (Å²) in [5, 5.41) is 2.47. The Balaban J connectivity index is 1.72. The van der Waals surface area contributed by atoms with Crippen LogP contribution in [0.3, 0.4) is 0 Å². The monoisotopic (exact) mass is 446 g/mol. The summed E-state index contributed by atoms with van der Waals surface area (Å²) in [5.41, 5.74) is 13.7. The van der Waals surface area contributed by atoms with Crippen LogP contribution in [-0.4, -0.2) is 0 Å². The Labute approximate surface area is 201 Å². The number of benzene rings is 3. The predicted molar refractivity (Wildman–Crippen MR) is 141 cm³/mol. The lowest BCUT2D eigenvalue weighted by Gasteiger charge is -2.22. The van der Waals surface area contributed by atoms with Crippen molar-refractivity contribution in [3.05, 3.63) is 88.6 Å². The summed E-state index contributed by atoms with van der Waals surface area (Å²) >= 11 is 0. The van der Waals surface area contributed by atoms with Crippen LogP contribution in [-0.2, 0) is 12.5 Å². The highest BCUT2D eigenvalue weighted by Crippen LogP contribution is 2.53. The lowest BCUT2D eigenvalue weighted by Crippen LogP contribution is -2.32. The summed E-state index contributed by atoms with van der Waals surface area (Å²) in [6, 6.07) is 20.1. The van der Waals surface area contributed by atoms with Crippen molar-refractivity contribution >= 4 is 21.9 Å². The predicted octanol–water partition coefficient (Wildman–Crippen LogP) is 8.12. The zero-order valence-corrected chi connectivity index (χ0v) is 21.2. The van der Waals surface area contributed by atoms with Gasteiger partial charge in [0.15, 0.2) is 6.20 Å². The average molecular weight is 447 g/mol. The molecule has 2 heterocycles. The minimum Gasteiger partial charge on any atom is -0.455 e. The molecule has 1 aliphatic rings. The molecule has 2 heteroatoms. The molecule has 6 rings (SSSR count). The third kappa shape index (κ3) is 2.72. The SMILES string of the molecule is Cc1c[n+](C)c(-c2c(C)ccc3c2oc2ccc4c(c23)C(C)(C)c2ccccc2-4)cc1C(C)C. The Morgan fingerprint density at radius 2 is 1.65 bits per heavy atom. The van der Waals surface area contributed by atoms with Gasteiger partial charge in [-0.05, 0) is 59.2 Å². The Bertz CT molecular complexity index is 1630. The van der Waals surface area contributed by atoms with Crippen molar-refractivity contribution in [2.24, 2.45) is 7.05 Å². The smallest absolute Gasteiger partial charge is 0.216 e. The topological polar surface area (TPSA) is 17.0 Å². The molecule has 0 N–H and O–H groups in total. The summed E-state index contributed by atoms with van der Waals surface area (Å²) in [4.78, 5) is 0. The molecule has 0 unspecified atom stereocenters. The van der Waals surface area contributed by atoms with Crippen LogP contribution in [0.4, 0.5) is 0 Å². The molecule has 34 heavy (non-hydrogen) atoms. The zero-order chi connectivity index (χ0) is 23.9. The Kier molecular flexibility index (Phi) is 4.39. The molecule has 0 radical (unpaired) electrons. The maximum absolute atomic E-state index is 6.71. The molecule has 0 saturated carbocycles. The van der Waals surface area contributed by atoms with E-state index in [-0.39, 0.29) is 5.41 Å². The van der Waals surface area contributed by atoms with E-state index in [0.29, 0.717) is 5.92 Å². The van der Waals surface area contributed by atoms with E-state index in [1.165, 1.54) is 61.0 Å². The van der Waals surface area contributed by atoms with Gasteiger partial charge in [0.2, 0.25) is 5.69 Å². The third-order valence-corrected chi connectivity index (χ3v) is 7.92. The van der Waals surface area contributed by atoms with Crippen LogP contribution in [0.5, 0.6) is 0 Å². The van der Waals surface area contributed by atoms with Gasteiger partial charge in [-0.1, -0.05) is 70.2 Å². The molecule has 0 atom stereocenters. The molecule has 2 nitrogen and oxygen atoms in total. The van der Waals surface area contributed by atoms with Crippen LogP contribution < -0.4 is 4.57 Å². The highest BCUT2D eigenvalue weighted by Gasteiger charge is 2.38. The molecule has 0 amide bonds. The molecule has 5 aromatic rings. The summed E-state index contributed by atoms with van der Waals surface area (Å²) in [5.74, 6) is 0.470. The number of furan rings is 1. The minimum atomic E-state index is -0.0768. The first-order chi connectivity index (χ1) is 16.2. The van der Waals surface area contributed by atoms with Crippen molar-refractivity contribution in [1.82, 2.24) is 0 Å². The number of hydrogen-bond donors (Lipinski definition) is 0. The molecular weight excluding hydrogens is 414 g/mol. The third-order valence-electron chi connectivity index (χ3n) is 7.92. The highest BCUT2D eigenvalue weighted by atomic mass is 16.3. The zero-order valence-electron chi connectivity index (χ0n) is 21.2. The minimum absolute atomic E-state index is 0.0768. The molecule has 0 bridgehead atoms. The van der Waals surface area contributed by atoms with Crippen LogP contribution in [0.1, 0.15) is 61.4 Å². The number of rotatable bonds is 2. The van der Waals surface area contributed by atoms with Crippen LogP contribution in [0.15, 0.2) is 65.2 Å². The highest BCUT2D eigenvalue weighted by molar-refractivity contribution is 6.14. The summed E-state index contributed by atoms with van der Waals surface area (Å²) in [6.45, 7) is 13.6. The number of pyridine rings is 1. The second-order valence-electron chi connectivity index (χ2n) is 10.8. The maximum atomic E-state index is 6.71. The summed E-state index contributed by atoms with van der Waals surface area (Å²) in [6.07, 6.45) is 2.25. The molecule has 170 valence electrons. The van der Waals surface area contributed by atoms with E-state index in [1.54, 1.807) is 0 Å². The Morgan fingerprint density at radius 3 is 2.41 bits per heavy atom. The summed E-state index contributed by atoms with van der Waals surface area (Å²) in [7, 11) is 2.14. The van der Waals surface area contributed by atoms with Gasteiger partial charge in [0.05, 0.1) is 5.56 Å². The van der Waals surface area contributed by atoms with E-state index in [4.69, 9.17) is 4.42 Å². The second kappa shape index (κ2) is 7.06. The molecule has 3 aromatic carbocycles. The molecule has 0 spiro atoms. The van der Waals surface area contributed by atoms with Gasteiger partial charge in [-0.2, -0.15) is 0 Å². The van der Waals surface area contributed by atoms with E-state index in [0.717, 1.165) is 11.2 Å². The standard InChI is InChI=1S/C32H32NO/c1-18(2)24-16-26(33(7)17-20(24)4)28-19(3)12-13-23-29-27(34-31(23)28)15-14-22-21-10-8-9-11-25(21)32(5,6)30(22)29/h8-18H,1-7H3/q+1. The second-order valence-corrected chi connectivity index (χ2v) is 10.8. The van der Waals surface area contributed by atoms with Crippen molar-refractivity contribution < 1.29 is 8.98 Å². The maximum Gasteiger partial charge on any atom is 0.216 e. The average Bonchev–Trinajstić information content (AvgIpc) is 3.27. The number of hydrogen-bond acceptors (Lipinski definition) is 1. The Morgan fingerprint density at radius 1 is 0.882 bits per heavy atom. The van der Waals surface area contributed by atoms with Gasteiger partial charge in [0.25, 0.3) is 0 Å². The molecule has 0 fully saturated rings. The lowest BCUT2D eigenvalue weighted by atomic mass is 9.80. The van der Waals surface area contributed by atoms with Crippen LogP contribution in [0, 0.1) is 13.8 Å². The van der Waals surface area contributed by atoms with Crippen molar-refractivity contribution in [3.63, 3.8) is 0 Å². The van der Waals surface area contributed by atoms with Crippen LogP contribution >= 0.6 is 0 Å². The first kappa shape index (κ1) is 21.2.